The van der Waals surface area contributed by atoms with Crippen LogP contribution in [0.5, 0.6) is 5.75 Å². The Morgan fingerprint density at radius 2 is 1.85 bits per heavy atom. The maximum Gasteiger partial charge on any atom is 0.331 e. The number of fused-ring (bicyclic) bond motifs is 3. The van der Waals surface area contributed by atoms with Crippen LogP contribution in [0.25, 0.3) is 16.8 Å². The van der Waals surface area contributed by atoms with E-state index in [4.69, 9.17) is 14.7 Å². The minimum Gasteiger partial charge on any atom is -0.493 e. The van der Waals surface area contributed by atoms with Crippen LogP contribution in [-0.4, -0.2) is 47.2 Å². The molecule has 5 rings (SSSR count). The summed E-state index contributed by atoms with van der Waals surface area (Å²) in [5, 5.41) is 11.1. The number of carboxylic acids is 1. The summed E-state index contributed by atoms with van der Waals surface area (Å²) in [6, 6.07) is 17.2. The van der Waals surface area contributed by atoms with Crippen LogP contribution in [0.3, 0.4) is 0 Å². The number of carboxylic acid groups (broad SMARTS) is 1. The SMILES string of the molecule is CCN1c2ncc(CCOc3ccc(/C=C(\C)C(=O)O)c4ccccc34)cc2C(=O)N(C)c2ccc(C)nc21. The maximum atomic E-state index is 13.4. The van der Waals surface area contributed by atoms with Gasteiger partial charge in [0.2, 0.25) is 0 Å². The van der Waals surface area contributed by atoms with Gasteiger partial charge in [0.05, 0.1) is 17.9 Å². The van der Waals surface area contributed by atoms with Gasteiger partial charge in [-0.1, -0.05) is 30.3 Å². The summed E-state index contributed by atoms with van der Waals surface area (Å²) >= 11 is 0. The maximum absolute atomic E-state index is 13.4. The number of rotatable bonds is 7. The smallest absolute Gasteiger partial charge is 0.331 e. The number of ether oxygens (including phenoxy) is 1. The first-order valence-corrected chi connectivity index (χ1v) is 12.9. The lowest BCUT2D eigenvalue weighted by molar-refractivity contribution is -0.132. The predicted octanol–water partition coefficient (Wildman–Crippen LogP) is 5.80. The molecular weight excluding hydrogens is 492 g/mol. The molecule has 0 fully saturated rings. The minimum absolute atomic E-state index is 0.130. The lowest BCUT2D eigenvalue weighted by Crippen LogP contribution is -2.25. The van der Waals surface area contributed by atoms with E-state index in [1.807, 2.05) is 73.3 Å². The summed E-state index contributed by atoms with van der Waals surface area (Å²) < 4.78 is 6.17. The van der Waals surface area contributed by atoms with E-state index < -0.39 is 5.97 Å². The first-order valence-electron chi connectivity index (χ1n) is 12.9. The zero-order valence-electron chi connectivity index (χ0n) is 22.4. The number of aromatic nitrogens is 2. The molecule has 8 nitrogen and oxygen atoms in total. The van der Waals surface area contributed by atoms with E-state index in [1.54, 1.807) is 31.1 Å². The summed E-state index contributed by atoms with van der Waals surface area (Å²) in [7, 11) is 1.76. The summed E-state index contributed by atoms with van der Waals surface area (Å²) in [5.41, 5.74) is 4.13. The highest BCUT2D eigenvalue weighted by Crippen LogP contribution is 2.38. The Bertz CT molecular complexity index is 1630. The summed E-state index contributed by atoms with van der Waals surface area (Å²) in [4.78, 5) is 37.8. The van der Waals surface area contributed by atoms with E-state index >= 15 is 0 Å². The number of hydrogen-bond donors (Lipinski definition) is 1. The molecule has 2 aromatic carbocycles. The van der Waals surface area contributed by atoms with Crippen molar-refractivity contribution in [1.82, 2.24) is 9.97 Å². The normalized spacial score (nSPS) is 13.2. The Hall–Kier alpha value is -4.72. The molecule has 0 spiro atoms. The number of carbonyl (C=O) groups excluding carboxylic acids is 1. The second-order valence-corrected chi connectivity index (χ2v) is 9.55. The summed E-state index contributed by atoms with van der Waals surface area (Å²) in [6.45, 7) is 6.54. The molecule has 0 aliphatic carbocycles. The molecule has 1 aliphatic heterocycles. The summed E-state index contributed by atoms with van der Waals surface area (Å²) in [5.74, 6) is 0.954. The van der Waals surface area contributed by atoms with Gasteiger partial charge in [-0.05, 0) is 67.6 Å². The highest BCUT2D eigenvalue weighted by atomic mass is 16.5. The van der Waals surface area contributed by atoms with E-state index in [2.05, 4.69) is 0 Å². The van der Waals surface area contributed by atoms with Crippen LogP contribution in [0.2, 0.25) is 0 Å². The second kappa shape index (κ2) is 10.6. The Kier molecular flexibility index (Phi) is 7.02. The fourth-order valence-corrected chi connectivity index (χ4v) is 4.82. The number of anilines is 3. The van der Waals surface area contributed by atoms with Gasteiger partial charge in [-0.2, -0.15) is 0 Å². The lowest BCUT2D eigenvalue weighted by atomic mass is 10.0. The van der Waals surface area contributed by atoms with Gasteiger partial charge >= 0.3 is 5.97 Å². The Labute approximate surface area is 227 Å². The Balaban J connectivity index is 1.39. The molecule has 0 bridgehead atoms. The fraction of sp³-hybridized carbons (Fsp3) is 0.226. The molecule has 4 aromatic rings. The molecule has 0 saturated heterocycles. The highest BCUT2D eigenvalue weighted by Gasteiger charge is 2.30. The lowest BCUT2D eigenvalue weighted by Gasteiger charge is -2.23. The molecule has 1 N–H and O–H groups in total. The Morgan fingerprint density at radius 1 is 1.08 bits per heavy atom. The number of nitrogens with zero attached hydrogens (tertiary/aromatic N) is 4. The standard InChI is InChI=1S/C31H30N4O4/c1-5-35-28-25(30(36)34(4)26-12-10-20(3)33-29(26)35)17-21(18-32-28)14-15-39-27-13-11-22(16-19(2)31(37)38)23-8-6-7-9-24(23)27/h6-13,16-18H,5,14-15H2,1-4H3,(H,37,38)/b19-16+. The average Bonchev–Trinajstić information content (AvgIpc) is 3.02. The van der Waals surface area contributed by atoms with Crippen molar-refractivity contribution in [2.75, 3.05) is 30.0 Å². The molecular formula is C31H30N4O4. The third-order valence-corrected chi connectivity index (χ3v) is 6.92. The first-order chi connectivity index (χ1) is 18.8. The van der Waals surface area contributed by atoms with Crippen LogP contribution in [0.15, 0.2) is 66.4 Å². The van der Waals surface area contributed by atoms with Crippen LogP contribution in [0.1, 0.15) is 41.0 Å². The van der Waals surface area contributed by atoms with Gasteiger partial charge in [-0.25, -0.2) is 14.8 Å². The number of pyridine rings is 2. The van der Waals surface area contributed by atoms with E-state index in [9.17, 15) is 14.7 Å². The third-order valence-electron chi connectivity index (χ3n) is 6.92. The average molecular weight is 523 g/mol. The van der Waals surface area contributed by atoms with Crippen molar-refractivity contribution in [3.63, 3.8) is 0 Å². The van der Waals surface area contributed by atoms with Crippen molar-refractivity contribution in [3.05, 3.63) is 88.8 Å². The number of aliphatic carboxylic acids is 1. The van der Waals surface area contributed by atoms with Crippen molar-refractivity contribution in [2.45, 2.75) is 27.2 Å². The van der Waals surface area contributed by atoms with Crippen LogP contribution in [0, 0.1) is 6.92 Å². The number of carbonyl (C=O) groups is 2. The van der Waals surface area contributed by atoms with Gasteiger partial charge in [0.15, 0.2) is 5.82 Å². The number of benzene rings is 2. The van der Waals surface area contributed by atoms with Crippen LogP contribution >= 0.6 is 0 Å². The van der Waals surface area contributed by atoms with Crippen LogP contribution in [0.4, 0.5) is 17.3 Å². The molecule has 2 aromatic heterocycles. The predicted molar refractivity (Wildman–Crippen MR) is 153 cm³/mol. The van der Waals surface area contributed by atoms with Gasteiger partial charge in [-0.15, -0.1) is 0 Å². The molecule has 3 heterocycles. The van der Waals surface area contributed by atoms with Crippen molar-refractivity contribution >= 4 is 46.0 Å². The number of hydrogen-bond acceptors (Lipinski definition) is 6. The molecule has 1 aliphatic rings. The first kappa shape index (κ1) is 25.9. The van der Waals surface area contributed by atoms with Gasteiger partial charge in [0, 0.05) is 42.9 Å². The molecule has 0 atom stereocenters. The van der Waals surface area contributed by atoms with Gasteiger partial charge < -0.3 is 19.6 Å². The molecule has 8 heteroatoms. The van der Waals surface area contributed by atoms with E-state index in [0.29, 0.717) is 36.7 Å². The van der Waals surface area contributed by atoms with Crippen molar-refractivity contribution in [2.24, 2.45) is 0 Å². The van der Waals surface area contributed by atoms with Crippen LogP contribution in [-0.2, 0) is 11.2 Å². The Morgan fingerprint density at radius 3 is 2.59 bits per heavy atom. The second-order valence-electron chi connectivity index (χ2n) is 9.55. The van der Waals surface area contributed by atoms with Crippen LogP contribution < -0.4 is 14.5 Å². The van der Waals surface area contributed by atoms with Crippen molar-refractivity contribution < 1.29 is 19.4 Å². The minimum atomic E-state index is -0.948. The molecule has 198 valence electrons. The monoisotopic (exact) mass is 522 g/mol. The molecule has 39 heavy (non-hydrogen) atoms. The fourth-order valence-electron chi connectivity index (χ4n) is 4.82. The molecule has 0 radical (unpaired) electrons. The zero-order valence-corrected chi connectivity index (χ0v) is 22.4. The van der Waals surface area contributed by atoms with E-state index in [-0.39, 0.29) is 11.5 Å². The highest BCUT2D eigenvalue weighted by molar-refractivity contribution is 6.12. The van der Waals surface area contributed by atoms with Crippen molar-refractivity contribution in [1.29, 1.82) is 0 Å². The van der Waals surface area contributed by atoms with E-state index in [1.165, 1.54) is 0 Å². The van der Waals surface area contributed by atoms with Gasteiger partial charge in [-0.3, -0.25) is 4.79 Å². The zero-order chi connectivity index (χ0) is 27.7. The van der Waals surface area contributed by atoms with E-state index in [0.717, 1.165) is 39.1 Å². The number of aryl methyl sites for hydroxylation is 1. The van der Waals surface area contributed by atoms with Gasteiger partial charge in [0.25, 0.3) is 5.91 Å². The summed E-state index contributed by atoms with van der Waals surface area (Å²) in [6.07, 6.45) is 4.01. The topological polar surface area (TPSA) is 95.9 Å². The van der Waals surface area contributed by atoms with Gasteiger partial charge in [0.1, 0.15) is 11.6 Å². The van der Waals surface area contributed by atoms with Crippen molar-refractivity contribution in [3.8, 4) is 5.75 Å². The quantitative estimate of drug-likeness (QED) is 0.307. The molecule has 0 saturated carbocycles. The number of amides is 1. The molecule has 0 unspecified atom stereocenters. The third kappa shape index (κ3) is 4.93. The molecule has 1 amide bonds. The largest absolute Gasteiger partial charge is 0.493 e.